The first-order valence-electron chi connectivity index (χ1n) is 8.22. The standard InChI is InChI=1S/C19H19ClN2O4S2/c1-11-5-6-13(16-10-27-12(2)21-16)7-19(11)28(23,24)22-15-8-14(20)17(25-3)9-18(15)26-4/h5-10,22H,1-4H3. The molecule has 0 spiro atoms. The minimum Gasteiger partial charge on any atom is -0.495 e. The highest BCUT2D eigenvalue weighted by Crippen LogP contribution is 2.37. The first-order valence-corrected chi connectivity index (χ1v) is 11.0. The Hall–Kier alpha value is -2.29. The number of nitrogens with zero attached hydrogens (tertiary/aromatic N) is 1. The summed E-state index contributed by atoms with van der Waals surface area (Å²) in [5, 5.41) is 3.08. The summed E-state index contributed by atoms with van der Waals surface area (Å²) in [6.07, 6.45) is 0. The minimum atomic E-state index is -3.89. The SMILES string of the molecule is COc1cc(OC)c(NS(=O)(=O)c2cc(-c3csc(C)n3)ccc2C)cc1Cl. The maximum atomic E-state index is 13.1. The van der Waals surface area contributed by atoms with Gasteiger partial charge in [-0.15, -0.1) is 11.3 Å². The largest absolute Gasteiger partial charge is 0.495 e. The maximum Gasteiger partial charge on any atom is 0.262 e. The Kier molecular flexibility index (Phi) is 5.83. The van der Waals surface area contributed by atoms with Gasteiger partial charge in [0.05, 0.1) is 40.5 Å². The first-order chi connectivity index (χ1) is 13.2. The third kappa shape index (κ3) is 4.09. The molecule has 0 atom stereocenters. The Bertz CT molecular complexity index is 1130. The molecule has 0 aliphatic heterocycles. The highest BCUT2D eigenvalue weighted by molar-refractivity contribution is 7.92. The number of ether oxygens (including phenoxy) is 2. The Labute approximate surface area is 173 Å². The highest BCUT2D eigenvalue weighted by Gasteiger charge is 2.21. The normalized spacial score (nSPS) is 11.3. The van der Waals surface area contributed by atoms with E-state index in [0.29, 0.717) is 17.1 Å². The van der Waals surface area contributed by atoms with E-state index in [9.17, 15) is 8.42 Å². The van der Waals surface area contributed by atoms with Crippen molar-refractivity contribution in [2.24, 2.45) is 0 Å². The van der Waals surface area contributed by atoms with Crippen LogP contribution in [0, 0.1) is 13.8 Å². The van der Waals surface area contributed by atoms with Crippen LogP contribution < -0.4 is 14.2 Å². The number of anilines is 1. The van der Waals surface area contributed by atoms with Crippen molar-refractivity contribution < 1.29 is 17.9 Å². The lowest BCUT2D eigenvalue weighted by Gasteiger charge is -2.15. The van der Waals surface area contributed by atoms with Gasteiger partial charge in [0.2, 0.25) is 0 Å². The van der Waals surface area contributed by atoms with Gasteiger partial charge in [-0.25, -0.2) is 13.4 Å². The molecule has 3 aromatic rings. The molecule has 0 bridgehead atoms. The van der Waals surface area contributed by atoms with Crippen LogP contribution in [0.3, 0.4) is 0 Å². The number of benzene rings is 2. The molecule has 1 N–H and O–H groups in total. The molecule has 0 amide bonds. The van der Waals surface area contributed by atoms with Crippen molar-refractivity contribution in [3.8, 4) is 22.8 Å². The van der Waals surface area contributed by atoms with E-state index in [1.54, 1.807) is 19.1 Å². The predicted molar refractivity (Wildman–Crippen MR) is 112 cm³/mol. The number of thiazole rings is 1. The van der Waals surface area contributed by atoms with Crippen LogP contribution in [0.4, 0.5) is 5.69 Å². The Morgan fingerprint density at radius 1 is 1.07 bits per heavy atom. The Morgan fingerprint density at radius 2 is 1.79 bits per heavy atom. The van der Waals surface area contributed by atoms with E-state index in [-0.39, 0.29) is 15.6 Å². The van der Waals surface area contributed by atoms with Gasteiger partial charge in [0.25, 0.3) is 10.0 Å². The van der Waals surface area contributed by atoms with Gasteiger partial charge in [0.15, 0.2) is 0 Å². The van der Waals surface area contributed by atoms with Gasteiger partial charge in [0, 0.05) is 17.0 Å². The molecule has 0 aliphatic rings. The van der Waals surface area contributed by atoms with Crippen molar-refractivity contribution in [2.75, 3.05) is 18.9 Å². The number of nitrogens with one attached hydrogen (secondary N) is 1. The van der Waals surface area contributed by atoms with Gasteiger partial charge in [-0.3, -0.25) is 4.72 Å². The monoisotopic (exact) mass is 438 g/mol. The fourth-order valence-electron chi connectivity index (χ4n) is 2.68. The van der Waals surface area contributed by atoms with E-state index >= 15 is 0 Å². The van der Waals surface area contributed by atoms with Crippen LogP contribution in [0.15, 0.2) is 40.6 Å². The third-order valence-electron chi connectivity index (χ3n) is 4.11. The zero-order valence-corrected chi connectivity index (χ0v) is 18.1. The molecular weight excluding hydrogens is 420 g/mol. The van der Waals surface area contributed by atoms with E-state index in [0.717, 1.165) is 16.3 Å². The Balaban J connectivity index is 2.03. The van der Waals surface area contributed by atoms with E-state index < -0.39 is 10.0 Å². The van der Waals surface area contributed by atoms with Crippen molar-refractivity contribution in [3.63, 3.8) is 0 Å². The lowest BCUT2D eigenvalue weighted by atomic mass is 10.1. The maximum absolute atomic E-state index is 13.1. The fraction of sp³-hybridized carbons (Fsp3) is 0.211. The van der Waals surface area contributed by atoms with E-state index in [1.165, 1.54) is 37.7 Å². The summed E-state index contributed by atoms with van der Waals surface area (Å²) in [7, 11) is -0.977. The molecule has 0 unspecified atom stereocenters. The molecule has 6 nitrogen and oxygen atoms in total. The van der Waals surface area contributed by atoms with Crippen molar-refractivity contribution in [1.82, 2.24) is 4.98 Å². The molecule has 3 rings (SSSR count). The number of halogens is 1. The molecule has 1 heterocycles. The summed E-state index contributed by atoms with van der Waals surface area (Å²) < 4.78 is 39.2. The number of methoxy groups -OCH3 is 2. The average Bonchev–Trinajstić information content (AvgIpc) is 3.08. The first kappa shape index (κ1) is 20.4. The van der Waals surface area contributed by atoms with Crippen LogP contribution in [-0.2, 0) is 10.0 Å². The van der Waals surface area contributed by atoms with Crippen molar-refractivity contribution >= 4 is 38.6 Å². The molecule has 148 valence electrons. The summed E-state index contributed by atoms with van der Waals surface area (Å²) >= 11 is 7.66. The minimum absolute atomic E-state index is 0.157. The number of sulfonamides is 1. The zero-order chi connectivity index (χ0) is 20.5. The third-order valence-corrected chi connectivity index (χ3v) is 6.69. The summed E-state index contributed by atoms with van der Waals surface area (Å²) in [6.45, 7) is 3.64. The second kappa shape index (κ2) is 7.98. The fourth-order valence-corrected chi connectivity index (χ4v) is 4.88. The van der Waals surface area contributed by atoms with Crippen molar-refractivity contribution in [1.29, 1.82) is 0 Å². The van der Waals surface area contributed by atoms with Crippen LogP contribution in [0.5, 0.6) is 11.5 Å². The van der Waals surface area contributed by atoms with Gasteiger partial charge in [-0.1, -0.05) is 23.7 Å². The quantitative estimate of drug-likeness (QED) is 0.592. The molecular formula is C19H19ClN2O4S2. The van der Waals surface area contributed by atoms with Gasteiger partial charge < -0.3 is 9.47 Å². The lowest BCUT2D eigenvalue weighted by molar-refractivity contribution is 0.396. The van der Waals surface area contributed by atoms with Gasteiger partial charge in [-0.05, 0) is 31.5 Å². The van der Waals surface area contributed by atoms with Gasteiger partial charge >= 0.3 is 0 Å². The summed E-state index contributed by atoms with van der Waals surface area (Å²) in [6, 6.07) is 8.22. The molecule has 0 aliphatic carbocycles. The molecule has 28 heavy (non-hydrogen) atoms. The van der Waals surface area contributed by atoms with Crippen molar-refractivity contribution in [2.45, 2.75) is 18.7 Å². The molecule has 9 heteroatoms. The van der Waals surface area contributed by atoms with Gasteiger partial charge in [0.1, 0.15) is 11.5 Å². The number of hydrogen-bond donors (Lipinski definition) is 1. The highest BCUT2D eigenvalue weighted by atomic mass is 35.5. The van der Waals surface area contributed by atoms with E-state index in [2.05, 4.69) is 9.71 Å². The number of aryl methyl sites for hydroxylation is 2. The van der Waals surface area contributed by atoms with Crippen LogP contribution in [-0.4, -0.2) is 27.6 Å². The van der Waals surface area contributed by atoms with E-state index in [4.69, 9.17) is 21.1 Å². The topological polar surface area (TPSA) is 77.5 Å². The number of hydrogen-bond acceptors (Lipinski definition) is 6. The second-order valence-electron chi connectivity index (χ2n) is 6.02. The average molecular weight is 439 g/mol. The molecule has 0 radical (unpaired) electrons. The number of rotatable bonds is 6. The van der Waals surface area contributed by atoms with Crippen LogP contribution >= 0.6 is 22.9 Å². The summed E-state index contributed by atoms with van der Waals surface area (Å²) in [5.41, 5.74) is 2.31. The van der Waals surface area contributed by atoms with Crippen LogP contribution in [0.2, 0.25) is 5.02 Å². The number of aromatic nitrogens is 1. The predicted octanol–water partition coefficient (Wildman–Crippen LogP) is 4.90. The second-order valence-corrected chi connectivity index (χ2v) is 9.14. The molecule has 0 fully saturated rings. The molecule has 2 aromatic carbocycles. The molecule has 1 aromatic heterocycles. The summed E-state index contributed by atoms with van der Waals surface area (Å²) in [5.74, 6) is 0.687. The van der Waals surface area contributed by atoms with Crippen molar-refractivity contribution in [3.05, 3.63) is 51.3 Å². The lowest BCUT2D eigenvalue weighted by Crippen LogP contribution is -2.15. The van der Waals surface area contributed by atoms with Crippen LogP contribution in [0.1, 0.15) is 10.6 Å². The molecule has 0 saturated heterocycles. The Morgan fingerprint density at radius 3 is 2.39 bits per heavy atom. The van der Waals surface area contributed by atoms with Crippen LogP contribution in [0.25, 0.3) is 11.3 Å². The zero-order valence-electron chi connectivity index (χ0n) is 15.7. The summed E-state index contributed by atoms with van der Waals surface area (Å²) in [4.78, 5) is 4.58. The smallest absolute Gasteiger partial charge is 0.262 e. The van der Waals surface area contributed by atoms with E-state index in [1.807, 2.05) is 18.4 Å². The van der Waals surface area contributed by atoms with Gasteiger partial charge in [-0.2, -0.15) is 0 Å². The molecule has 0 saturated carbocycles.